The number of amides is 1. The molecule has 1 heterocycles. The summed E-state index contributed by atoms with van der Waals surface area (Å²) in [5, 5.41) is 38.7. The van der Waals surface area contributed by atoms with E-state index in [-0.39, 0.29) is 32.0 Å². The van der Waals surface area contributed by atoms with Crippen LogP contribution in [0, 0.1) is 10.1 Å². The van der Waals surface area contributed by atoms with E-state index in [2.05, 4.69) is 0 Å². The highest BCUT2D eigenvalue weighted by atomic mass is 16.6. The average molecular weight is 311 g/mol. The van der Waals surface area contributed by atoms with Gasteiger partial charge >= 0.3 is 6.09 Å². The number of carbonyl (C=O) groups is 1. The molecule has 9 heteroatoms. The van der Waals surface area contributed by atoms with Gasteiger partial charge in [0, 0.05) is 43.0 Å². The monoisotopic (exact) mass is 311 g/mol. The summed E-state index contributed by atoms with van der Waals surface area (Å²) in [4.78, 5) is 24.2. The van der Waals surface area contributed by atoms with Gasteiger partial charge in [-0.2, -0.15) is 0 Å². The second kappa shape index (κ2) is 6.58. The van der Waals surface area contributed by atoms with Gasteiger partial charge in [-0.1, -0.05) is 0 Å². The van der Waals surface area contributed by atoms with E-state index >= 15 is 0 Å². The van der Waals surface area contributed by atoms with Crippen LogP contribution in [0.3, 0.4) is 0 Å². The minimum atomic E-state index is -1.05. The summed E-state index contributed by atoms with van der Waals surface area (Å²) < 4.78 is 0. The van der Waals surface area contributed by atoms with Crippen molar-refractivity contribution in [2.24, 2.45) is 0 Å². The molecule has 1 fully saturated rings. The van der Waals surface area contributed by atoms with Crippen LogP contribution in [0.5, 0.6) is 0 Å². The van der Waals surface area contributed by atoms with Crippen LogP contribution < -0.4 is 4.90 Å². The fourth-order valence-corrected chi connectivity index (χ4v) is 2.59. The smallest absolute Gasteiger partial charge is 0.407 e. The van der Waals surface area contributed by atoms with Crippen molar-refractivity contribution in [3.63, 3.8) is 0 Å². The molecule has 3 N–H and O–H groups in total. The van der Waals surface area contributed by atoms with Gasteiger partial charge in [0.25, 0.3) is 5.69 Å². The van der Waals surface area contributed by atoms with Crippen molar-refractivity contribution in [1.29, 1.82) is 0 Å². The Kier molecular flexibility index (Phi) is 4.78. The fraction of sp³-hybridized carbons (Fsp3) is 0.462. The quantitative estimate of drug-likeness (QED) is 0.537. The van der Waals surface area contributed by atoms with Gasteiger partial charge in [-0.3, -0.25) is 10.1 Å². The fourth-order valence-electron chi connectivity index (χ4n) is 2.59. The molecule has 0 aliphatic carbocycles. The van der Waals surface area contributed by atoms with Gasteiger partial charge in [0.15, 0.2) is 0 Å². The number of anilines is 1. The lowest BCUT2D eigenvalue weighted by Gasteiger charge is -2.41. The summed E-state index contributed by atoms with van der Waals surface area (Å²) in [6, 6.07) is 3.67. The van der Waals surface area contributed by atoms with Crippen LogP contribution in [-0.4, -0.2) is 63.5 Å². The number of nitro benzene ring substituents is 1. The molecule has 1 aliphatic heterocycles. The van der Waals surface area contributed by atoms with E-state index in [1.807, 2.05) is 0 Å². The third-order valence-electron chi connectivity index (χ3n) is 3.72. The number of hydrogen-bond donors (Lipinski definition) is 3. The van der Waals surface area contributed by atoms with Gasteiger partial charge in [-0.15, -0.1) is 0 Å². The Morgan fingerprint density at radius 3 is 2.64 bits per heavy atom. The van der Waals surface area contributed by atoms with Crippen LogP contribution in [0.2, 0.25) is 0 Å². The first-order valence-corrected chi connectivity index (χ1v) is 6.71. The predicted molar refractivity (Wildman–Crippen MR) is 76.8 cm³/mol. The van der Waals surface area contributed by atoms with E-state index in [0.717, 1.165) is 0 Å². The van der Waals surface area contributed by atoms with Gasteiger partial charge in [0.2, 0.25) is 0 Å². The number of nitro groups is 1. The largest absolute Gasteiger partial charge is 0.465 e. The van der Waals surface area contributed by atoms with Crippen molar-refractivity contribution in [1.82, 2.24) is 4.90 Å². The molecule has 2 rings (SSSR count). The van der Waals surface area contributed by atoms with Crippen LogP contribution in [0.4, 0.5) is 16.2 Å². The van der Waals surface area contributed by atoms with E-state index in [1.54, 1.807) is 4.90 Å². The van der Waals surface area contributed by atoms with Crippen molar-refractivity contribution in [3.05, 3.63) is 33.9 Å². The minimum absolute atomic E-state index is 0.127. The Hall–Kier alpha value is -2.39. The van der Waals surface area contributed by atoms with Crippen LogP contribution in [-0.2, 0) is 6.61 Å². The average Bonchev–Trinajstić information content (AvgIpc) is 2.53. The molecule has 1 aliphatic rings. The zero-order valence-corrected chi connectivity index (χ0v) is 11.8. The van der Waals surface area contributed by atoms with E-state index in [0.29, 0.717) is 17.8 Å². The first-order valence-electron chi connectivity index (χ1n) is 6.71. The van der Waals surface area contributed by atoms with E-state index < -0.39 is 17.1 Å². The number of piperazine rings is 1. The number of aliphatic hydroxyl groups excluding tert-OH is 2. The molecule has 1 unspecified atom stereocenters. The Morgan fingerprint density at radius 1 is 1.36 bits per heavy atom. The van der Waals surface area contributed by atoms with Crippen molar-refractivity contribution >= 4 is 17.5 Å². The van der Waals surface area contributed by atoms with Crippen LogP contribution in [0.1, 0.15) is 5.56 Å². The van der Waals surface area contributed by atoms with Gasteiger partial charge in [-0.05, 0) is 6.07 Å². The number of benzene rings is 1. The minimum Gasteiger partial charge on any atom is -0.465 e. The zero-order valence-electron chi connectivity index (χ0n) is 11.8. The SMILES string of the molecule is O=C(O)N1CCN(c2ccc([N+](=O)[O-])cc2CO)C(CO)C1. The summed E-state index contributed by atoms with van der Waals surface area (Å²) in [5.74, 6) is 0. The Balaban J connectivity index is 2.30. The summed E-state index contributed by atoms with van der Waals surface area (Å²) in [5.41, 5.74) is 0.811. The lowest BCUT2D eigenvalue weighted by atomic mass is 10.1. The highest BCUT2D eigenvalue weighted by Crippen LogP contribution is 2.28. The molecule has 0 saturated carbocycles. The summed E-state index contributed by atoms with van der Waals surface area (Å²) in [6.45, 7) is 0.0870. The van der Waals surface area contributed by atoms with E-state index in [4.69, 9.17) is 5.11 Å². The van der Waals surface area contributed by atoms with Crippen molar-refractivity contribution in [3.8, 4) is 0 Å². The molecule has 9 nitrogen and oxygen atoms in total. The molecule has 1 atom stereocenters. The second-order valence-electron chi connectivity index (χ2n) is 4.99. The number of rotatable bonds is 4. The molecule has 120 valence electrons. The molecule has 0 radical (unpaired) electrons. The maximum atomic E-state index is 11.0. The first-order chi connectivity index (χ1) is 10.5. The third-order valence-corrected chi connectivity index (χ3v) is 3.72. The molecule has 0 bridgehead atoms. The normalized spacial score (nSPS) is 18.4. The van der Waals surface area contributed by atoms with Gasteiger partial charge in [0.1, 0.15) is 0 Å². The maximum absolute atomic E-state index is 11.0. The lowest BCUT2D eigenvalue weighted by Crippen LogP contribution is -2.56. The Morgan fingerprint density at radius 2 is 2.09 bits per heavy atom. The van der Waals surface area contributed by atoms with Crippen molar-refractivity contribution in [2.45, 2.75) is 12.6 Å². The van der Waals surface area contributed by atoms with Crippen LogP contribution in [0.15, 0.2) is 18.2 Å². The van der Waals surface area contributed by atoms with Gasteiger partial charge in [0.05, 0.1) is 24.2 Å². The number of nitrogens with zero attached hydrogens (tertiary/aromatic N) is 3. The highest BCUT2D eigenvalue weighted by Gasteiger charge is 2.30. The number of hydrogen-bond acceptors (Lipinski definition) is 6. The van der Waals surface area contributed by atoms with Crippen molar-refractivity contribution in [2.75, 3.05) is 31.1 Å². The zero-order chi connectivity index (χ0) is 16.3. The van der Waals surface area contributed by atoms with Gasteiger partial charge in [-0.25, -0.2) is 4.79 Å². The first kappa shape index (κ1) is 16.0. The molecule has 1 saturated heterocycles. The molecule has 1 amide bonds. The molecule has 0 spiro atoms. The number of aliphatic hydroxyl groups is 2. The third kappa shape index (κ3) is 3.10. The summed E-state index contributed by atoms with van der Waals surface area (Å²) >= 11 is 0. The Bertz CT molecular complexity index is 579. The number of carboxylic acid groups (broad SMARTS) is 1. The van der Waals surface area contributed by atoms with E-state index in [9.17, 15) is 25.1 Å². The second-order valence-corrected chi connectivity index (χ2v) is 4.99. The maximum Gasteiger partial charge on any atom is 0.407 e. The molecular formula is C13H17N3O6. The standard InChI is InChI=1S/C13H17N3O6/c17-7-9-5-10(16(21)22)1-2-12(9)15-4-3-14(13(19)20)6-11(15)8-18/h1-2,5,11,17-18H,3-4,6-8H2,(H,19,20). The molecule has 0 aromatic heterocycles. The summed E-state index contributed by atoms with van der Waals surface area (Å²) in [6.07, 6.45) is -1.05. The highest BCUT2D eigenvalue weighted by molar-refractivity contribution is 5.66. The van der Waals surface area contributed by atoms with Crippen molar-refractivity contribution < 1.29 is 25.0 Å². The van der Waals surface area contributed by atoms with Crippen LogP contribution in [0.25, 0.3) is 0 Å². The van der Waals surface area contributed by atoms with Crippen LogP contribution >= 0.6 is 0 Å². The molecule has 1 aromatic rings. The number of non-ortho nitro benzene ring substituents is 1. The molecular weight excluding hydrogens is 294 g/mol. The predicted octanol–water partition coefficient (Wildman–Crippen LogP) is 0.248. The van der Waals surface area contributed by atoms with E-state index in [1.165, 1.54) is 23.1 Å². The summed E-state index contributed by atoms with van der Waals surface area (Å²) in [7, 11) is 0. The molecule has 22 heavy (non-hydrogen) atoms. The Labute approximate surface area is 126 Å². The molecule has 1 aromatic carbocycles. The topological polar surface area (TPSA) is 127 Å². The lowest BCUT2D eigenvalue weighted by molar-refractivity contribution is -0.384. The van der Waals surface area contributed by atoms with Gasteiger partial charge < -0.3 is 25.1 Å².